The molecule has 2 saturated heterocycles. The van der Waals surface area contributed by atoms with Crippen molar-refractivity contribution in [2.45, 2.75) is 44.6 Å². The Labute approximate surface area is 181 Å². The van der Waals surface area contributed by atoms with E-state index in [0.29, 0.717) is 6.42 Å². The standard InChI is InChI=1S/C24H28N4OS/c29-21(19-7-3-1-4-8-19)15-18-16-22-23(25-17-18)26-24(30-22)28-13-9-20(10-14-28)27-11-5-2-6-12-27/h1,3-4,7-8,16-17,20H,2,5-6,9-15H2. The molecule has 0 N–H and O–H groups in total. The van der Waals surface area contributed by atoms with Crippen molar-refractivity contribution in [1.29, 1.82) is 0 Å². The molecular formula is C24H28N4OS. The lowest BCUT2D eigenvalue weighted by Gasteiger charge is -2.40. The van der Waals surface area contributed by atoms with E-state index in [1.165, 1.54) is 45.2 Å². The number of hydrogen-bond acceptors (Lipinski definition) is 6. The highest BCUT2D eigenvalue weighted by atomic mass is 32.1. The highest BCUT2D eigenvalue weighted by molar-refractivity contribution is 7.22. The van der Waals surface area contributed by atoms with E-state index >= 15 is 0 Å². The molecule has 0 atom stereocenters. The van der Waals surface area contributed by atoms with Gasteiger partial charge < -0.3 is 9.80 Å². The molecule has 5 rings (SSSR count). The van der Waals surface area contributed by atoms with Crippen LogP contribution in [0.2, 0.25) is 0 Å². The lowest BCUT2D eigenvalue weighted by atomic mass is 10.0. The van der Waals surface area contributed by atoms with Crippen LogP contribution < -0.4 is 4.90 Å². The van der Waals surface area contributed by atoms with Crippen molar-refractivity contribution in [3.05, 3.63) is 53.7 Å². The van der Waals surface area contributed by atoms with Gasteiger partial charge in [-0.3, -0.25) is 4.79 Å². The number of benzene rings is 1. The molecule has 3 aromatic rings. The molecule has 156 valence electrons. The third-order valence-corrected chi connectivity index (χ3v) is 7.45. The molecule has 0 saturated carbocycles. The van der Waals surface area contributed by atoms with Gasteiger partial charge in [-0.15, -0.1) is 0 Å². The van der Waals surface area contributed by atoms with Crippen molar-refractivity contribution in [3.8, 4) is 0 Å². The molecule has 0 spiro atoms. The number of likely N-dealkylation sites (tertiary alicyclic amines) is 1. The van der Waals surface area contributed by atoms with Crippen molar-refractivity contribution in [2.75, 3.05) is 31.1 Å². The van der Waals surface area contributed by atoms with Crippen LogP contribution in [-0.4, -0.2) is 52.9 Å². The molecule has 2 aromatic heterocycles. The average Bonchev–Trinajstić information content (AvgIpc) is 3.24. The van der Waals surface area contributed by atoms with Crippen LogP contribution in [0.3, 0.4) is 0 Å². The van der Waals surface area contributed by atoms with E-state index in [1.54, 1.807) is 17.5 Å². The van der Waals surface area contributed by atoms with Gasteiger partial charge in [0.2, 0.25) is 0 Å². The van der Waals surface area contributed by atoms with Crippen LogP contribution in [0.15, 0.2) is 42.6 Å². The summed E-state index contributed by atoms with van der Waals surface area (Å²) in [7, 11) is 0. The van der Waals surface area contributed by atoms with E-state index in [2.05, 4.69) is 20.9 Å². The number of anilines is 1. The zero-order valence-corrected chi connectivity index (χ0v) is 18.1. The van der Waals surface area contributed by atoms with Crippen molar-refractivity contribution < 1.29 is 4.79 Å². The van der Waals surface area contributed by atoms with Gasteiger partial charge in [0.15, 0.2) is 16.6 Å². The van der Waals surface area contributed by atoms with Crippen LogP contribution in [0.1, 0.15) is 48.0 Å². The van der Waals surface area contributed by atoms with Gasteiger partial charge in [0.1, 0.15) is 0 Å². The molecule has 0 amide bonds. The number of pyridine rings is 1. The van der Waals surface area contributed by atoms with Gasteiger partial charge in [0, 0.05) is 37.3 Å². The number of hydrogen-bond donors (Lipinski definition) is 0. The lowest BCUT2D eigenvalue weighted by molar-refractivity contribution is 0.0993. The fraction of sp³-hybridized carbons (Fsp3) is 0.458. The van der Waals surface area contributed by atoms with Gasteiger partial charge in [0.05, 0.1) is 4.70 Å². The largest absolute Gasteiger partial charge is 0.348 e. The van der Waals surface area contributed by atoms with E-state index in [0.717, 1.165) is 45.7 Å². The molecule has 2 aliphatic rings. The number of carbonyl (C=O) groups is 1. The SMILES string of the molecule is O=C(Cc1cnc2nc(N3CCC(N4CCCCC4)CC3)sc2c1)c1ccccc1. The molecule has 30 heavy (non-hydrogen) atoms. The van der Waals surface area contributed by atoms with E-state index < -0.39 is 0 Å². The molecule has 1 aromatic carbocycles. The Balaban J connectivity index is 1.25. The number of piperidine rings is 2. The van der Waals surface area contributed by atoms with E-state index in [9.17, 15) is 4.79 Å². The quantitative estimate of drug-likeness (QED) is 0.566. The van der Waals surface area contributed by atoms with Gasteiger partial charge in [-0.25, -0.2) is 4.98 Å². The number of fused-ring (bicyclic) bond motifs is 1. The monoisotopic (exact) mass is 420 g/mol. The van der Waals surface area contributed by atoms with Crippen LogP contribution in [0.25, 0.3) is 10.3 Å². The third kappa shape index (κ3) is 4.25. The number of thiazole rings is 1. The highest BCUT2D eigenvalue weighted by Gasteiger charge is 2.27. The predicted molar refractivity (Wildman–Crippen MR) is 123 cm³/mol. The Bertz CT molecular complexity index is 1000. The summed E-state index contributed by atoms with van der Waals surface area (Å²) >= 11 is 1.71. The molecule has 0 aliphatic carbocycles. The van der Waals surface area contributed by atoms with Crippen molar-refractivity contribution in [1.82, 2.24) is 14.9 Å². The van der Waals surface area contributed by atoms with E-state index in [1.807, 2.05) is 30.3 Å². The molecule has 2 fully saturated rings. The van der Waals surface area contributed by atoms with E-state index in [-0.39, 0.29) is 5.78 Å². The zero-order chi connectivity index (χ0) is 20.3. The zero-order valence-electron chi connectivity index (χ0n) is 17.3. The van der Waals surface area contributed by atoms with Crippen LogP contribution in [-0.2, 0) is 6.42 Å². The summed E-state index contributed by atoms with van der Waals surface area (Å²) in [6, 6.07) is 12.3. The summed E-state index contributed by atoms with van der Waals surface area (Å²) in [5.41, 5.74) is 2.50. The minimum atomic E-state index is 0.126. The Hall–Kier alpha value is -2.31. The Morgan fingerprint density at radius 2 is 1.80 bits per heavy atom. The van der Waals surface area contributed by atoms with Gasteiger partial charge in [-0.05, 0) is 50.4 Å². The number of aromatic nitrogens is 2. The minimum absolute atomic E-state index is 0.126. The van der Waals surface area contributed by atoms with Crippen molar-refractivity contribution in [3.63, 3.8) is 0 Å². The average molecular weight is 421 g/mol. The van der Waals surface area contributed by atoms with Crippen LogP contribution >= 0.6 is 11.3 Å². The maximum atomic E-state index is 12.5. The van der Waals surface area contributed by atoms with E-state index in [4.69, 9.17) is 4.98 Å². The summed E-state index contributed by atoms with van der Waals surface area (Å²) < 4.78 is 1.07. The summed E-state index contributed by atoms with van der Waals surface area (Å²) in [4.78, 5) is 27.0. The molecule has 0 bridgehead atoms. The summed E-state index contributed by atoms with van der Waals surface area (Å²) in [6.45, 7) is 4.70. The smallest absolute Gasteiger partial charge is 0.188 e. The molecule has 4 heterocycles. The summed E-state index contributed by atoms with van der Waals surface area (Å²) in [6.07, 6.45) is 8.74. The van der Waals surface area contributed by atoms with Crippen LogP contribution in [0.4, 0.5) is 5.13 Å². The number of carbonyl (C=O) groups excluding carboxylic acids is 1. The molecular weight excluding hydrogens is 392 g/mol. The molecule has 0 unspecified atom stereocenters. The Kier molecular flexibility index (Phi) is 5.77. The molecule has 2 aliphatic heterocycles. The maximum absolute atomic E-state index is 12.5. The second kappa shape index (κ2) is 8.82. The Morgan fingerprint density at radius 3 is 2.57 bits per heavy atom. The second-order valence-electron chi connectivity index (χ2n) is 8.44. The van der Waals surface area contributed by atoms with Gasteiger partial charge >= 0.3 is 0 Å². The molecule has 0 radical (unpaired) electrons. The van der Waals surface area contributed by atoms with Gasteiger partial charge in [-0.2, -0.15) is 4.98 Å². The summed E-state index contributed by atoms with van der Waals surface area (Å²) in [5, 5.41) is 1.07. The minimum Gasteiger partial charge on any atom is -0.348 e. The lowest BCUT2D eigenvalue weighted by Crippen LogP contribution is -2.46. The van der Waals surface area contributed by atoms with Crippen LogP contribution in [0.5, 0.6) is 0 Å². The first kappa shape index (κ1) is 19.6. The fourth-order valence-corrected chi connectivity index (χ4v) is 5.74. The fourth-order valence-electron chi connectivity index (χ4n) is 4.70. The van der Waals surface area contributed by atoms with Gasteiger partial charge in [0.25, 0.3) is 0 Å². The van der Waals surface area contributed by atoms with Gasteiger partial charge in [-0.1, -0.05) is 48.1 Å². The van der Waals surface area contributed by atoms with Crippen molar-refractivity contribution >= 4 is 32.6 Å². The number of rotatable bonds is 5. The maximum Gasteiger partial charge on any atom is 0.188 e. The van der Waals surface area contributed by atoms with Crippen molar-refractivity contribution in [2.24, 2.45) is 0 Å². The number of Topliss-reactive ketones (excluding diaryl/α,β-unsaturated/α-hetero) is 1. The topological polar surface area (TPSA) is 49.3 Å². The first-order chi connectivity index (χ1) is 14.8. The predicted octanol–water partition coefficient (Wildman–Crippen LogP) is 4.57. The third-order valence-electron chi connectivity index (χ3n) is 6.39. The normalized spacial score (nSPS) is 18.7. The first-order valence-corrected chi connectivity index (χ1v) is 11.9. The number of nitrogens with zero attached hydrogens (tertiary/aromatic N) is 4. The second-order valence-corrected chi connectivity index (χ2v) is 9.45. The molecule has 6 heteroatoms. The van der Waals surface area contributed by atoms with Crippen LogP contribution in [0, 0.1) is 0 Å². The highest BCUT2D eigenvalue weighted by Crippen LogP contribution is 2.31. The Morgan fingerprint density at radius 1 is 1.03 bits per heavy atom. The summed E-state index contributed by atoms with van der Waals surface area (Å²) in [5.74, 6) is 0.126. The number of ketones is 1. The first-order valence-electron chi connectivity index (χ1n) is 11.1. The molecule has 5 nitrogen and oxygen atoms in total.